The van der Waals surface area contributed by atoms with Crippen LogP contribution in [-0.2, 0) is 6.61 Å². The Morgan fingerprint density at radius 2 is 1.84 bits per heavy atom. The first-order valence-electron chi connectivity index (χ1n) is 5.76. The van der Waals surface area contributed by atoms with Crippen molar-refractivity contribution in [1.29, 1.82) is 0 Å². The lowest BCUT2D eigenvalue weighted by molar-refractivity contribution is 0.306. The van der Waals surface area contributed by atoms with Crippen LogP contribution >= 0.6 is 11.3 Å². The molecule has 0 fully saturated rings. The van der Waals surface area contributed by atoms with Gasteiger partial charge >= 0.3 is 0 Å². The van der Waals surface area contributed by atoms with Crippen LogP contribution in [0.1, 0.15) is 5.56 Å². The van der Waals surface area contributed by atoms with Crippen LogP contribution in [0.4, 0.5) is 8.78 Å². The molecule has 1 heterocycles. The molecule has 0 aliphatic rings. The van der Waals surface area contributed by atoms with Crippen molar-refractivity contribution in [3.05, 3.63) is 65.0 Å². The third-order valence-electron chi connectivity index (χ3n) is 2.81. The van der Waals surface area contributed by atoms with E-state index in [0.29, 0.717) is 12.4 Å². The molecule has 0 N–H and O–H groups in total. The van der Waals surface area contributed by atoms with E-state index < -0.39 is 0 Å². The molecule has 4 heteroatoms. The Balaban J connectivity index is 1.82. The average Bonchev–Trinajstić information content (AvgIpc) is 2.78. The molecule has 1 aromatic heterocycles. The lowest BCUT2D eigenvalue weighted by atomic mass is 10.2. The van der Waals surface area contributed by atoms with Gasteiger partial charge in [0.25, 0.3) is 0 Å². The van der Waals surface area contributed by atoms with E-state index in [1.165, 1.54) is 35.6 Å². The van der Waals surface area contributed by atoms with Gasteiger partial charge in [-0.2, -0.15) is 0 Å². The van der Waals surface area contributed by atoms with Gasteiger partial charge in [-0.1, -0.05) is 12.1 Å². The Kier molecular flexibility index (Phi) is 3.17. The monoisotopic (exact) mass is 276 g/mol. The maximum absolute atomic E-state index is 13.1. The molecule has 19 heavy (non-hydrogen) atoms. The second kappa shape index (κ2) is 4.97. The second-order valence-corrected chi connectivity index (χ2v) is 5.06. The van der Waals surface area contributed by atoms with Gasteiger partial charge in [0.05, 0.1) is 0 Å². The Morgan fingerprint density at radius 3 is 2.68 bits per heavy atom. The number of ether oxygens (including phenoxy) is 1. The van der Waals surface area contributed by atoms with Gasteiger partial charge in [0.1, 0.15) is 24.0 Å². The first kappa shape index (κ1) is 12.1. The minimum absolute atomic E-state index is 0.244. The van der Waals surface area contributed by atoms with Gasteiger partial charge in [-0.3, -0.25) is 0 Å². The minimum atomic E-state index is -0.324. The molecule has 96 valence electrons. The smallest absolute Gasteiger partial charge is 0.126 e. The highest BCUT2D eigenvalue weighted by atomic mass is 32.1. The van der Waals surface area contributed by atoms with E-state index >= 15 is 0 Å². The van der Waals surface area contributed by atoms with Gasteiger partial charge in [-0.25, -0.2) is 8.78 Å². The fraction of sp³-hybridized carbons (Fsp3) is 0.0667. The van der Waals surface area contributed by atoms with E-state index in [2.05, 4.69) is 0 Å². The molecule has 1 nitrogen and oxygen atoms in total. The summed E-state index contributed by atoms with van der Waals surface area (Å²) in [6, 6.07) is 10.7. The quantitative estimate of drug-likeness (QED) is 0.670. The Morgan fingerprint density at radius 1 is 1.00 bits per heavy atom. The first-order chi connectivity index (χ1) is 9.22. The molecule has 0 unspecified atom stereocenters. The van der Waals surface area contributed by atoms with E-state index in [0.717, 1.165) is 15.6 Å². The van der Waals surface area contributed by atoms with Crippen molar-refractivity contribution in [1.82, 2.24) is 0 Å². The maximum atomic E-state index is 13.1. The van der Waals surface area contributed by atoms with Gasteiger partial charge in [-0.05, 0) is 35.0 Å². The highest BCUT2D eigenvalue weighted by molar-refractivity contribution is 7.17. The van der Waals surface area contributed by atoms with Gasteiger partial charge < -0.3 is 4.74 Å². The minimum Gasteiger partial charge on any atom is -0.489 e. The normalized spacial score (nSPS) is 10.8. The van der Waals surface area contributed by atoms with Crippen LogP contribution in [0.2, 0.25) is 0 Å². The third kappa shape index (κ3) is 2.58. The van der Waals surface area contributed by atoms with Gasteiger partial charge in [-0.15, -0.1) is 11.3 Å². The zero-order valence-corrected chi connectivity index (χ0v) is 10.7. The van der Waals surface area contributed by atoms with Crippen LogP contribution in [-0.4, -0.2) is 0 Å². The summed E-state index contributed by atoms with van der Waals surface area (Å²) in [7, 11) is 0. The number of fused-ring (bicyclic) bond motifs is 1. The zero-order chi connectivity index (χ0) is 13.2. The number of halogens is 2. The fourth-order valence-electron chi connectivity index (χ4n) is 1.89. The van der Waals surface area contributed by atoms with Crippen molar-refractivity contribution < 1.29 is 13.5 Å². The maximum Gasteiger partial charge on any atom is 0.126 e. The van der Waals surface area contributed by atoms with E-state index in [4.69, 9.17) is 4.74 Å². The molecule has 0 aliphatic heterocycles. The molecular formula is C15H10F2OS. The number of hydrogen-bond donors (Lipinski definition) is 0. The Labute approximate surface area is 113 Å². The number of benzene rings is 2. The number of thiophene rings is 1. The van der Waals surface area contributed by atoms with Crippen LogP contribution < -0.4 is 4.74 Å². The van der Waals surface area contributed by atoms with Gasteiger partial charge in [0.2, 0.25) is 0 Å². The topological polar surface area (TPSA) is 9.23 Å². The molecule has 0 atom stereocenters. The van der Waals surface area contributed by atoms with Gasteiger partial charge in [0.15, 0.2) is 0 Å². The predicted octanol–water partition coefficient (Wildman–Crippen LogP) is 4.76. The Hall–Kier alpha value is -1.94. The highest BCUT2D eigenvalue weighted by Gasteiger charge is 2.06. The van der Waals surface area contributed by atoms with E-state index in [1.807, 2.05) is 5.38 Å². The molecule has 0 saturated carbocycles. The molecule has 0 saturated heterocycles. The molecular weight excluding hydrogens is 266 g/mol. The lowest BCUT2D eigenvalue weighted by Gasteiger charge is -2.05. The Bertz CT molecular complexity index is 721. The van der Waals surface area contributed by atoms with Crippen molar-refractivity contribution >= 4 is 21.4 Å². The highest BCUT2D eigenvalue weighted by Crippen LogP contribution is 2.27. The summed E-state index contributed by atoms with van der Waals surface area (Å²) in [6.07, 6.45) is 0. The molecule has 3 rings (SSSR count). The summed E-state index contributed by atoms with van der Waals surface area (Å²) >= 11 is 1.47. The molecule has 3 aromatic rings. The van der Waals surface area contributed by atoms with Crippen LogP contribution in [0.3, 0.4) is 0 Å². The van der Waals surface area contributed by atoms with Crippen molar-refractivity contribution in [2.75, 3.05) is 0 Å². The van der Waals surface area contributed by atoms with Gasteiger partial charge in [0, 0.05) is 16.3 Å². The number of rotatable bonds is 3. The van der Waals surface area contributed by atoms with Crippen molar-refractivity contribution in [2.24, 2.45) is 0 Å². The fourth-order valence-corrected chi connectivity index (χ4v) is 2.86. The molecule has 0 spiro atoms. The first-order valence-corrected chi connectivity index (χ1v) is 6.64. The summed E-state index contributed by atoms with van der Waals surface area (Å²) in [5.41, 5.74) is 0.976. The zero-order valence-electron chi connectivity index (χ0n) is 9.90. The van der Waals surface area contributed by atoms with Crippen molar-refractivity contribution in [2.45, 2.75) is 6.61 Å². The largest absolute Gasteiger partial charge is 0.489 e. The van der Waals surface area contributed by atoms with Crippen LogP contribution in [0, 0.1) is 11.6 Å². The molecule has 0 aliphatic carbocycles. The van der Waals surface area contributed by atoms with E-state index in [1.54, 1.807) is 18.2 Å². The van der Waals surface area contributed by atoms with E-state index in [-0.39, 0.29) is 11.6 Å². The predicted molar refractivity (Wildman–Crippen MR) is 72.5 cm³/mol. The van der Waals surface area contributed by atoms with Crippen LogP contribution in [0.25, 0.3) is 10.1 Å². The third-order valence-corrected chi connectivity index (χ3v) is 3.80. The molecule has 0 radical (unpaired) electrons. The molecule has 0 amide bonds. The van der Waals surface area contributed by atoms with Crippen molar-refractivity contribution in [3.63, 3.8) is 0 Å². The summed E-state index contributed by atoms with van der Waals surface area (Å²) < 4.78 is 32.5. The summed E-state index contributed by atoms with van der Waals surface area (Å²) in [5, 5.41) is 2.91. The SMILES string of the molecule is Fc1cccc(OCc2csc3cc(F)ccc23)c1. The number of hydrogen-bond acceptors (Lipinski definition) is 2. The lowest BCUT2D eigenvalue weighted by Crippen LogP contribution is -1.94. The van der Waals surface area contributed by atoms with Crippen LogP contribution in [0.15, 0.2) is 47.8 Å². The second-order valence-electron chi connectivity index (χ2n) is 4.15. The summed E-state index contributed by atoms with van der Waals surface area (Å²) in [5.74, 6) is -0.0804. The molecule has 0 bridgehead atoms. The summed E-state index contributed by atoms with van der Waals surface area (Å²) in [6.45, 7) is 0.342. The molecule has 2 aromatic carbocycles. The van der Waals surface area contributed by atoms with E-state index in [9.17, 15) is 8.78 Å². The van der Waals surface area contributed by atoms with Crippen LogP contribution in [0.5, 0.6) is 5.75 Å². The average molecular weight is 276 g/mol. The summed E-state index contributed by atoms with van der Waals surface area (Å²) in [4.78, 5) is 0. The standard InChI is InChI=1S/C15H10F2OS/c16-11-2-1-3-13(6-11)18-8-10-9-19-15-7-12(17)4-5-14(10)15/h1-7,9H,8H2. The van der Waals surface area contributed by atoms with Crippen molar-refractivity contribution in [3.8, 4) is 5.75 Å².